The highest BCUT2D eigenvalue weighted by atomic mass is 35.5. The van der Waals surface area contributed by atoms with Crippen molar-refractivity contribution in [3.8, 4) is 16.9 Å². The molecule has 46 heavy (non-hydrogen) atoms. The summed E-state index contributed by atoms with van der Waals surface area (Å²) in [6.45, 7) is 13.1. The number of aromatic nitrogens is 4. The molecule has 4 heterocycles. The number of rotatable bonds is 6. The quantitative estimate of drug-likeness (QED) is 0.227. The minimum atomic E-state index is -1.03. The second kappa shape index (κ2) is 12.8. The second-order valence-corrected chi connectivity index (χ2v) is 12.8. The number of aryl methyl sites for hydroxylation is 1. The summed E-state index contributed by atoms with van der Waals surface area (Å²) in [4.78, 5) is 44.2. The van der Waals surface area contributed by atoms with Gasteiger partial charge in [0.15, 0.2) is 11.5 Å². The number of carbonyl (C=O) groups is 1. The summed E-state index contributed by atoms with van der Waals surface area (Å²) >= 11 is 6.95. The molecule has 0 unspecified atom stereocenters. The normalized spacial score (nSPS) is 16.6. The lowest BCUT2D eigenvalue weighted by molar-refractivity contribution is -0.129. The highest BCUT2D eigenvalue weighted by molar-refractivity contribution is 6.50. The van der Waals surface area contributed by atoms with Crippen molar-refractivity contribution in [2.75, 3.05) is 18.0 Å². The van der Waals surface area contributed by atoms with Crippen molar-refractivity contribution in [1.82, 2.24) is 24.4 Å². The number of amides is 1. The van der Waals surface area contributed by atoms with E-state index in [1.54, 1.807) is 24.4 Å². The van der Waals surface area contributed by atoms with Gasteiger partial charge in [0, 0.05) is 36.9 Å². The average molecular weight is 643 g/mol. The number of nitrogens with zero attached hydrogens (tertiary/aromatic N) is 6. The molecule has 0 spiro atoms. The molecule has 0 aliphatic carbocycles. The van der Waals surface area contributed by atoms with E-state index in [0.717, 1.165) is 10.9 Å². The number of pyridine rings is 2. The van der Waals surface area contributed by atoms with Gasteiger partial charge in [-0.3, -0.25) is 9.78 Å². The molecule has 1 fully saturated rings. The molecule has 1 aliphatic rings. The van der Waals surface area contributed by atoms with E-state index >= 15 is 4.39 Å². The minimum Gasteiger partial charge on any atom is -0.347 e. The van der Waals surface area contributed by atoms with E-state index in [-0.39, 0.29) is 53.0 Å². The molecule has 8 nitrogen and oxygen atoms in total. The molecule has 0 saturated carbocycles. The number of anilines is 1. The molecular formula is C33H35B2ClF2N6O2. The van der Waals surface area contributed by atoms with Crippen LogP contribution in [0.2, 0.25) is 5.02 Å². The Kier molecular flexibility index (Phi) is 9.22. The van der Waals surface area contributed by atoms with E-state index in [0.29, 0.717) is 28.1 Å². The molecule has 0 N–H and O–H groups in total. The number of hydrogen-bond acceptors (Lipinski definition) is 6. The topological polar surface area (TPSA) is 84.2 Å². The van der Waals surface area contributed by atoms with Crippen molar-refractivity contribution in [2.45, 2.75) is 52.6 Å². The van der Waals surface area contributed by atoms with Crippen molar-refractivity contribution >= 4 is 56.1 Å². The minimum absolute atomic E-state index is 0.0463. The Labute approximate surface area is 273 Å². The summed E-state index contributed by atoms with van der Waals surface area (Å²) in [6.07, 6.45) is 3.55. The number of benzene rings is 1. The van der Waals surface area contributed by atoms with E-state index in [1.807, 2.05) is 67.4 Å². The summed E-state index contributed by atoms with van der Waals surface area (Å²) in [5.74, 6) is -2.05. The van der Waals surface area contributed by atoms with Crippen LogP contribution < -0.4 is 10.6 Å². The summed E-state index contributed by atoms with van der Waals surface area (Å²) in [7, 11) is 3.83. The first kappa shape index (κ1) is 33.1. The fourth-order valence-corrected chi connectivity index (χ4v) is 6.51. The monoisotopic (exact) mass is 642 g/mol. The van der Waals surface area contributed by atoms with Crippen molar-refractivity contribution in [2.24, 2.45) is 0 Å². The van der Waals surface area contributed by atoms with Gasteiger partial charge >= 0.3 is 5.69 Å². The van der Waals surface area contributed by atoms with Crippen LogP contribution >= 0.6 is 11.6 Å². The van der Waals surface area contributed by atoms with Crippen LogP contribution in [0.4, 0.5) is 14.6 Å². The van der Waals surface area contributed by atoms with Crippen molar-refractivity contribution < 1.29 is 13.6 Å². The smallest absolute Gasteiger partial charge is 0.347 e. The van der Waals surface area contributed by atoms with Crippen LogP contribution in [0, 0.1) is 12.7 Å². The zero-order valence-electron chi connectivity index (χ0n) is 27.0. The fourth-order valence-electron chi connectivity index (χ4n) is 6.26. The predicted octanol–water partition coefficient (Wildman–Crippen LogP) is 4.54. The highest BCUT2D eigenvalue weighted by Gasteiger charge is 2.36. The Morgan fingerprint density at radius 3 is 2.43 bits per heavy atom. The Morgan fingerprint density at radius 1 is 1.15 bits per heavy atom. The second-order valence-electron chi connectivity index (χ2n) is 12.4. The number of fused-ring (bicyclic) bond motifs is 1. The van der Waals surface area contributed by atoms with Gasteiger partial charge in [0.05, 0.1) is 27.5 Å². The molecule has 0 radical (unpaired) electrons. The lowest BCUT2D eigenvalue weighted by atomic mass is 9.77. The van der Waals surface area contributed by atoms with Crippen LogP contribution in [0.1, 0.15) is 50.4 Å². The first-order valence-corrected chi connectivity index (χ1v) is 15.5. The van der Waals surface area contributed by atoms with Gasteiger partial charge in [-0.05, 0) is 56.0 Å². The zero-order valence-corrected chi connectivity index (χ0v) is 27.8. The van der Waals surface area contributed by atoms with Crippen LogP contribution in [0.15, 0.2) is 59.1 Å². The summed E-state index contributed by atoms with van der Waals surface area (Å²) < 4.78 is 30.9. The SMILES string of the molecule is BC(B)=Cc1cccc(F)c1-c1nc2c(cc1Cl)c(N1[C@@H](C)CN(C(=O)C(=C)F)C[C@@H]1C)nc(=O)n2-c1c(C)ccnc1C(C)C. The molecule has 1 amide bonds. The lowest BCUT2D eigenvalue weighted by Gasteiger charge is -2.45. The van der Waals surface area contributed by atoms with Gasteiger partial charge < -0.3 is 9.80 Å². The first-order chi connectivity index (χ1) is 21.7. The van der Waals surface area contributed by atoms with Crippen molar-refractivity contribution in [3.63, 3.8) is 0 Å². The molecule has 2 atom stereocenters. The van der Waals surface area contributed by atoms with Crippen LogP contribution in [0.25, 0.3) is 34.1 Å². The third-order valence-electron chi connectivity index (χ3n) is 8.14. The van der Waals surface area contributed by atoms with Crippen LogP contribution in [0.5, 0.6) is 0 Å². The van der Waals surface area contributed by atoms with Gasteiger partial charge in [-0.25, -0.2) is 23.1 Å². The summed E-state index contributed by atoms with van der Waals surface area (Å²) in [5.41, 5.74) is 2.61. The standard InChI is InChI=1S/C33H35B2ClF2N6O2/c1-16(2)27-29(17(3)10-11-39-27)44-30-22(13-23(36)28(40-30)26-21(12-25(34)35)8-7-9-24(26)38)31(41-33(44)46)43-18(4)14-42(15-19(43)5)32(45)20(6)37/h7-13,16,18-19H,6,14-15,34-35H2,1-5H3/t18-,19-/m0/s1. The fraction of sp³-hybridized carbons (Fsp3) is 0.303. The molecular weight excluding hydrogens is 607 g/mol. The largest absolute Gasteiger partial charge is 0.355 e. The van der Waals surface area contributed by atoms with Gasteiger partial charge in [0.25, 0.3) is 5.91 Å². The van der Waals surface area contributed by atoms with E-state index in [2.05, 4.69) is 16.5 Å². The predicted molar refractivity (Wildman–Crippen MR) is 185 cm³/mol. The number of carbonyl (C=O) groups excluding carboxylic acids is 1. The molecule has 1 aromatic carbocycles. The average Bonchev–Trinajstić information content (AvgIpc) is 2.96. The van der Waals surface area contributed by atoms with Crippen molar-refractivity contribution in [1.29, 1.82) is 0 Å². The van der Waals surface area contributed by atoms with Crippen LogP contribution in [-0.2, 0) is 4.79 Å². The van der Waals surface area contributed by atoms with E-state index in [9.17, 15) is 14.0 Å². The molecule has 1 aliphatic heterocycles. The maximum atomic E-state index is 15.6. The molecule has 1 saturated heterocycles. The lowest BCUT2D eigenvalue weighted by Crippen LogP contribution is -2.59. The molecule has 0 bridgehead atoms. The van der Waals surface area contributed by atoms with Crippen LogP contribution in [-0.4, -0.2) is 71.2 Å². The molecule has 13 heteroatoms. The zero-order chi connectivity index (χ0) is 33.6. The maximum absolute atomic E-state index is 15.6. The van der Waals surface area contributed by atoms with Crippen molar-refractivity contribution in [3.05, 3.63) is 92.5 Å². The third kappa shape index (κ3) is 5.98. The van der Waals surface area contributed by atoms with Gasteiger partial charge in [-0.1, -0.05) is 50.2 Å². The van der Waals surface area contributed by atoms with Gasteiger partial charge in [-0.2, -0.15) is 4.98 Å². The molecule has 3 aromatic heterocycles. The van der Waals surface area contributed by atoms with E-state index in [1.165, 1.54) is 15.5 Å². The summed E-state index contributed by atoms with van der Waals surface area (Å²) in [6, 6.07) is 7.52. The highest BCUT2D eigenvalue weighted by Crippen LogP contribution is 2.38. The number of hydrogen-bond donors (Lipinski definition) is 0. The third-order valence-corrected chi connectivity index (χ3v) is 8.42. The van der Waals surface area contributed by atoms with Gasteiger partial charge in [-0.15, -0.1) is 5.37 Å². The van der Waals surface area contributed by atoms with Crippen LogP contribution in [0.3, 0.4) is 0 Å². The van der Waals surface area contributed by atoms with Gasteiger partial charge in [0.2, 0.25) is 0 Å². The maximum Gasteiger partial charge on any atom is 0.355 e. The molecule has 4 aromatic rings. The number of halogens is 3. The Hall–Kier alpha value is -4.31. The number of piperazine rings is 1. The first-order valence-electron chi connectivity index (χ1n) is 15.2. The van der Waals surface area contributed by atoms with E-state index in [4.69, 9.17) is 16.6 Å². The van der Waals surface area contributed by atoms with E-state index < -0.39 is 23.2 Å². The Balaban J connectivity index is 1.86. The summed E-state index contributed by atoms with van der Waals surface area (Å²) in [5, 5.41) is 1.58. The Bertz CT molecular complexity index is 1970. The van der Waals surface area contributed by atoms with Gasteiger partial charge in [0.1, 0.15) is 27.3 Å². The molecule has 5 rings (SSSR count). The Morgan fingerprint density at radius 2 is 1.83 bits per heavy atom. The molecule has 236 valence electrons.